The minimum atomic E-state index is -2.12. The van der Waals surface area contributed by atoms with Gasteiger partial charge in [-0.2, -0.15) is 0 Å². The summed E-state index contributed by atoms with van der Waals surface area (Å²) in [6, 6.07) is 11.4. The summed E-state index contributed by atoms with van der Waals surface area (Å²) in [7, 11) is -2.12. The minimum Gasteiger partial charge on any atom is -0.544 e. The summed E-state index contributed by atoms with van der Waals surface area (Å²) in [6.07, 6.45) is 1.44. The largest absolute Gasteiger partial charge is 0.544 e. The third kappa shape index (κ3) is 9.24. The van der Waals surface area contributed by atoms with Crippen LogP contribution in [0.4, 0.5) is 0 Å². The molecule has 0 atom stereocenters. The molecule has 0 amide bonds. The number of benzene rings is 1. The third-order valence-electron chi connectivity index (χ3n) is 3.97. The molecule has 0 saturated carbocycles. The molecule has 0 spiro atoms. The van der Waals surface area contributed by atoms with Crippen LogP contribution >= 0.6 is 0 Å². The van der Waals surface area contributed by atoms with Crippen LogP contribution in [0, 0.1) is 0 Å². The van der Waals surface area contributed by atoms with E-state index >= 15 is 0 Å². The number of rotatable bonds is 12. The first-order valence-corrected chi connectivity index (χ1v) is 11.9. The molecule has 0 aromatic heterocycles. The molecule has 0 aliphatic carbocycles. The van der Waals surface area contributed by atoms with Gasteiger partial charge in [-0.1, -0.05) is 31.4 Å². The van der Waals surface area contributed by atoms with Gasteiger partial charge in [0.2, 0.25) is 8.32 Å². The highest BCUT2D eigenvalue weighted by molar-refractivity contribution is 6.73. The van der Waals surface area contributed by atoms with Crippen LogP contribution < -0.4 is 4.43 Å². The topological polar surface area (TPSA) is 61.8 Å². The number of hydrogen-bond acceptors (Lipinski definition) is 5. The van der Waals surface area contributed by atoms with Gasteiger partial charge >= 0.3 is 11.9 Å². The van der Waals surface area contributed by atoms with Crippen molar-refractivity contribution in [3.05, 3.63) is 54.6 Å². The summed E-state index contributed by atoms with van der Waals surface area (Å²) in [4.78, 5) is 23.0. The van der Waals surface area contributed by atoms with Gasteiger partial charge in [0.25, 0.3) is 0 Å². The quantitative estimate of drug-likeness (QED) is 0.225. The van der Waals surface area contributed by atoms with Crippen molar-refractivity contribution >= 4 is 20.3 Å². The van der Waals surface area contributed by atoms with E-state index in [9.17, 15) is 9.59 Å². The lowest BCUT2D eigenvalue weighted by molar-refractivity contribution is -0.139. The molecule has 0 unspecified atom stereocenters. The second kappa shape index (κ2) is 11.4. The van der Waals surface area contributed by atoms with Crippen molar-refractivity contribution < 1.29 is 23.5 Å². The summed E-state index contributed by atoms with van der Waals surface area (Å²) in [5.41, 5.74) is 0.796. The molecular weight excluding hydrogens is 360 g/mol. The maximum absolute atomic E-state index is 11.5. The Labute approximate surface area is 163 Å². The Morgan fingerprint density at radius 2 is 1.33 bits per heavy atom. The van der Waals surface area contributed by atoms with Crippen LogP contribution in [0.5, 0.6) is 5.75 Å². The fourth-order valence-electron chi connectivity index (χ4n) is 2.47. The predicted molar refractivity (Wildman–Crippen MR) is 109 cm³/mol. The molecule has 0 aliphatic heterocycles. The van der Waals surface area contributed by atoms with E-state index in [0.29, 0.717) is 24.4 Å². The number of carbonyl (C=O) groups is 2. The molecule has 0 radical (unpaired) electrons. The monoisotopic (exact) mass is 390 g/mol. The summed E-state index contributed by atoms with van der Waals surface area (Å²) in [6.45, 7) is 13.3. The van der Waals surface area contributed by atoms with E-state index in [4.69, 9.17) is 13.9 Å². The maximum Gasteiger partial charge on any atom is 0.333 e. The zero-order chi connectivity index (χ0) is 20.3. The zero-order valence-corrected chi connectivity index (χ0v) is 17.6. The highest BCUT2D eigenvalue weighted by Crippen LogP contribution is 2.25. The minimum absolute atomic E-state index is 0.344. The smallest absolute Gasteiger partial charge is 0.333 e. The van der Waals surface area contributed by atoms with Gasteiger partial charge in [0.1, 0.15) is 5.75 Å². The second-order valence-electron chi connectivity index (χ2n) is 6.90. The first kappa shape index (κ1) is 22.7. The highest BCUT2D eigenvalue weighted by atomic mass is 28.4. The van der Waals surface area contributed by atoms with Gasteiger partial charge in [0, 0.05) is 11.1 Å². The normalized spacial score (nSPS) is 10.8. The molecule has 6 heteroatoms. The first-order chi connectivity index (χ1) is 12.7. The van der Waals surface area contributed by atoms with Crippen LogP contribution in [0.25, 0.3) is 0 Å². The lowest BCUT2D eigenvalue weighted by Gasteiger charge is -2.28. The van der Waals surface area contributed by atoms with Crippen LogP contribution in [0.15, 0.2) is 54.6 Å². The van der Waals surface area contributed by atoms with Crippen molar-refractivity contribution in [3.63, 3.8) is 0 Å². The van der Waals surface area contributed by atoms with E-state index in [1.807, 2.05) is 30.3 Å². The molecule has 5 nitrogen and oxygen atoms in total. The number of carbonyl (C=O) groups excluding carboxylic acids is 2. The second-order valence-corrected chi connectivity index (χ2v) is 11.0. The predicted octanol–water partition coefficient (Wildman–Crippen LogP) is 4.66. The number of hydrogen-bond donors (Lipinski definition) is 0. The van der Waals surface area contributed by atoms with E-state index in [1.54, 1.807) is 13.8 Å². The van der Waals surface area contributed by atoms with Gasteiger partial charge in [-0.25, -0.2) is 9.59 Å². The average Bonchev–Trinajstić information content (AvgIpc) is 2.62. The Bertz CT molecular complexity index is 620. The molecule has 0 fully saturated rings. The SMILES string of the molecule is C=C(C)C(=O)OCCC[Si](C)(CCCOC(=O)C(=C)C)Oc1ccccc1. The zero-order valence-electron chi connectivity index (χ0n) is 16.6. The van der Waals surface area contributed by atoms with E-state index in [1.165, 1.54) is 0 Å². The van der Waals surface area contributed by atoms with Crippen LogP contribution in [-0.2, 0) is 19.1 Å². The lowest BCUT2D eigenvalue weighted by atomic mass is 10.3. The Morgan fingerprint density at radius 3 is 1.74 bits per heavy atom. The van der Waals surface area contributed by atoms with Crippen molar-refractivity contribution in [2.24, 2.45) is 0 Å². The van der Waals surface area contributed by atoms with Crippen LogP contribution in [-0.4, -0.2) is 33.5 Å². The number of para-hydroxylation sites is 1. The molecule has 0 bridgehead atoms. The fourth-order valence-corrected chi connectivity index (χ4v) is 5.41. The van der Waals surface area contributed by atoms with E-state index in [-0.39, 0.29) is 11.9 Å². The van der Waals surface area contributed by atoms with Crippen LogP contribution in [0.1, 0.15) is 26.7 Å². The van der Waals surface area contributed by atoms with Gasteiger partial charge in [0.05, 0.1) is 13.2 Å². The maximum atomic E-state index is 11.5. The Balaban J connectivity index is 2.57. The molecule has 1 rings (SSSR count). The van der Waals surface area contributed by atoms with E-state index in [0.717, 1.165) is 30.7 Å². The van der Waals surface area contributed by atoms with Gasteiger partial charge in [-0.05, 0) is 57.5 Å². The van der Waals surface area contributed by atoms with Crippen molar-refractivity contribution in [2.45, 2.75) is 45.3 Å². The van der Waals surface area contributed by atoms with Gasteiger partial charge < -0.3 is 13.9 Å². The number of esters is 2. The van der Waals surface area contributed by atoms with Crippen LogP contribution in [0.3, 0.4) is 0 Å². The molecule has 0 saturated heterocycles. The standard InChI is InChI=1S/C21H30O5Si/c1-17(2)20(22)24-13-9-15-27(5,26-19-11-7-6-8-12-19)16-10-14-25-21(23)18(3)4/h6-8,11-12H,1,3,9-10,13-16H2,2,4-5H3. The van der Waals surface area contributed by atoms with Gasteiger partial charge in [-0.3, -0.25) is 0 Å². The van der Waals surface area contributed by atoms with Crippen molar-refractivity contribution in [1.82, 2.24) is 0 Å². The average molecular weight is 391 g/mol. The molecule has 27 heavy (non-hydrogen) atoms. The molecule has 1 aromatic carbocycles. The summed E-state index contributed by atoms with van der Waals surface area (Å²) in [5, 5.41) is 0. The van der Waals surface area contributed by atoms with Gasteiger partial charge in [0.15, 0.2) is 0 Å². The molecule has 1 aromatic rings. The third-order valence-corrected chi connectivity index (χ3v) is 7.52. The molecule has 0 aliphatic rings. The Morgan fingerprint density at radius 1 is 0.889 bits per heavy atom. The van der Waals surface area contributed by atoms with E-state index in [2.05, 4.69) is 19.7 Å². The lowest BCUT2D eigenvalue weighted by Crippen LogP contribution is -2.38. The Kier molecular flexibility index (Phi) is 9.57. The van der Waals surface area contributed by atoms with Crippen molar-refractivity contribution in [1.29, 1.82) is 0 Å². The molecule has 0 heterocycles. The first-order valence-electron chi connectivity index (χ1n) is 9.13. The molecule has 148 valence electrons. The highest BCUT2D eigenvalue weighted by Gasteiger charge is 2.30. The van der Waals surface area contributed by atoms with Crippen LogP contribution in [0.2, 0.25) is 18.6 Å². The van der Waals surface area contributed by atoms with Crippen molar-refractivity contribution in [3.8, 4) is 5.75 Å². The van der Waals surface area contributed by atoms with Gasteiger partial charge in [-0.15, -0.1) is 0 Å². The van der Waals surface area contributed by atoms with E-state index < -0.39 is 8.32 Å². The summed E-state index contributed by atoms with van der Waals surface area (Å²) in [5.74, 6) is 0.104. The number of ether oxygens (including phenoxy) is 2. The summed E-state index contributed by atoms with van der Waals surface area (Å²) >= 11 is 0. The summed E-state index contributed by atoms with van der Waals surface area (Å²) < 4.78 is 16.7. The fraction of sp³-hybridized carbons (Fsp3) is 0.429. The Hall–Kier alpha value is -2.34. The molecule has 0 N–H and O–H groups in total. The van der Waals surface area contributed by atoms with Crippen molar-refractivity contribution in [2.75, 3.05) is 13.2 Å². The molecular formula is C21H30O5Si.